The molecule has 0 atom stereocenters. The van der Waals surface area contributed by atoms with Crippen molar-refractivity contribution in [2.75, 3.05) is 6.61 Å². The van der Waals surface area contributed by atoms with Crippen LogP contribution in [0.15, 0.2) is 6.07 Å². The third-order valence-electron chi connectivity index (χ3n) is 1.80. The quantitative estimate of drug-likeness (QED) is 0.777. The lowest BCUT2D eigenvalue weighted by molar-refractivity contribution is -0.0342. The third kappa shape index (κ3) is 2.03. The van der Waals surface area contributed by atoms with Gasteiger partial charge in [0.05, 0.1) is 5.69 Å². The predicted molar refractivity (Wildman–Crippen MR) is 43.5 cm³/mol. The maximum absolute atomic E-state index is 13.2. The van der Waals surface area contributed by atoms with E-state index in [9.17, 15) is 8.78 Å². The number of halogens is 2. The van der Waals surface area contributed by atoms with Crippen LogP contribution in [0.25, 0.3) is 0 Å². The topological polar surface area (TPSA) is 38.0 Å². The zero-order valence-electron chi connectivity index (χ0n) is 7.59. The average molecular weight is 190 g/mol. The van der Waals surface area contributed by atoms with Gasteiger partial charge in [0.15, 0.2) is 0 Å². The maximum Gasteiger partial charge on any atom is 0.291 e. The summed E-state index contributed by atoms with van der Waals surface area (Å²) in [6, 6.07) is 1.33. The van der Waals surface area contributed by atoms with Crippen LogP contribution in [-0.4, -0.2) is 21.5 Å². The molecule has 0 amide bonds. The van der Waals surface area contributed by atoms with Crippen molar-refractivity contribution in [2.45, 2.75) is 19.3 Å². The van der Waals surface area contributed by atoms with Crippen molar-refractivity contribution >= 4 is 0 Å². The van der Waals surface area contributed by atoms with Crippen molar-refractivity contribution in [3.63, 3.8) is 0 Å². The largest absolute Gasteiger partial charge is 0.396 e. The number of hydrogen-bond acceptors (Lipinski definition) is 2. The van der Waals surface area contributed by atoms with Crippen LogP contribution in [-0.2, 0) is 13.0 Å². The lowest BCUT2D eigenvalue weighted by Crippen LogP contribution is -2.19. The first-order valence-corrected chi connectivity index (χ1v) is 3.97. The first kappa shape index (κ1) is 10.1. The fourth-order valence-corrected chi connectivity index (χ4v) is 1.22. The lowest BCUT2D eigenvalue weighted by Gasteiger charge is -2.14. The third-order valence-corrected chi connectivity index (χ3v) is 1.80. The van der Waals surface area contributed by atoms with Gasteiger partial charge in [-0.2, -0.15) is 13.9 Å². The average Bonchev–Trinajstić information content (AvgIpc) is 2.30. The molecule has 5 heteroatoms. The van der Waals surface area contributed by atoms with E-state index >= 15 is 0 Å². The number of rotatable bonds is 3. The first-order chi connectivity index (χ1) is 5.97. The van der Waals surface area contributed by atoms with E-state index in [0.717, 1.165) is 4.68 Å². The van der Waals surface area contributed by atoms with Gasteiger partial charge in [0, 0.05) is 20.1 Å². The fourth-order valence-electron chi connectivity index (χ4n) is 1.22. The van der Waals surface area contributed by atoms with Crippen LogP contribution in [0.2, 0.25) is 0 Å². The second-order valence-electron chi connectivity index (χ2n) is 2.97. The summed E-state index contributed by atoms with van der Waals surface area (Å²) in [7, 11) is 1.47. The summed E-state index contributed by atoms with van der Waals surface area (Å²) < 4.78 is 27.6. The molecule has 0 fully saturated rings. The SMILES string of the molecule is Cc1cc(C(F)(F)CCO)n(C)n1. The molecule has 0 aromatic carbocycles. The number of alkyl halides is 2. The zero-order valence-corrected chi connectivity index (χ0v) is 7.59. The van der Waals surface area contributed by atoms with E-state index < -0.39 is 19.0 Å². The molecule has 1 aromatic heterocycles. The van der Waals surface area contributed by atoms with Gasteiger partial charge in [-0.25, -0.2) is 0 Å². The van der Waals surface area contributed by atoms with Gasteiger partial charge < -0.3 is 5.11 Å². The van der Waals surface area contributed by atoms with Crippen LogP contribution in [0, 0.1) is 6.92 Å². The van der Waals surface area contributed by atoms with Crippen molar-refractivity contribution < 1.29 is 13.9 Å². The Balaban J connectivity index is 2.98. The Hall–Kier alpha value is -0.970. The molecule has 1 heterocycles. The number of aromatic nitrogens is 2. The van der Waals surface area contributed by atoms with Crippen LogP contribution in [0.1, 0.15) is 17.8 Å². The molecule has 1 aromatic rings. The Morgan fingerprint density at radius 2 is 2.23 bits per heavy atom. The highest BCUT2D eigenvalue weighted by atomic mass is 19.3. The molecule has 0 radical (unpaired) electrons. The molecule has 0 unspecified atom stereocenters. The van der Waals surface area contributed by atoms with E-state index in [2.05, 4.69) is 5.10 Å². The normalized spacial score (nSPS) is 12.1. The highest BCUT2D eigenvalue weighted by molar-refractivity contribution is 5.13. The lowest BCUT2D eigenvalue weighted by atomic mass is 10.1. The van der Waals surface area contributed by atoms with Crippen LogP contribution >= 0.6 is 0 Å². The van der Waals surface area contributed by atoms with Crippen molar-refractivity contribution in [1.82, 2.24) is 9.78 Å². The van der Waals surface area contributed by atoms with Crippen molar-refractivity contribution in [3.8, 4) is 0 Å². The van der Waals surface area contributed by atoms with E-state index in [1.165, 1.54) is 13.1 Å². The highest BCUT2D eigenvalue weighted by Gasteiger charge is 2.34. The molecule has 0 saturated carbocycles. The van der Waals surface area contributed by atoms with E-state index in [0.29, 0.717) is 5.69 Å². The van der Waals surface area contributed by atoms with E-state index in [4.69, 9.17) is 5.11 Å². The molecular formula is C8H12F2N2O. The molecular weight excluding hydrogens is 178 g/mol. The van der Waals surface area contributed by atoms with E-state index in [1.807, 2.05) is 0 Å². The van der Waals surface area contributed by atoms with E-state index in [1.54, 1.807) is 6.92 Å². The van der Waals surface area contributed by atoms with E-state index in [-0.39, 0.29) is 5.69 Å². The summed E-state index contributed by atoms with van der Waals surface area (Å²) in [5.41, 5.74) is 0.397. The number of hydrogen-bond donors (Lipinski definition) is 1. The van der Waals surface area contributed by atoms with Crippen molar-refractivity contribution in [1.29, 1.82) is 0 Å². The Morgan fingerprint density at radius 1 is 1.62 bits per heavy atom. The molecule has 74 valence electrons. The van der Waals surface area contributed by atoms with Crippen molar-refractivity contribution in [2.24, 2.45) is 7.05 Å². The monoisotopic (exact) mass is 190 g/mol. The Kier molecular flexibility index (Phi) is 2.66. The summed E-state index contributed by atoms with van der Waals surface area (Å²) in [5.74, 6) is -3.00. The number of aliphatic hydroxyl groups excluding tert-OH is 1. The number of aryl methyl sites for hydroxylation is 2. The predicted octanol–water partition coefficient (Wildman–Crippen LogP) is 1.20. The highest BCUT2D eigenvalue weighted by Crippen LogP contribution is 2.31. The summed E-state index contributed by atoms with van der Waals surface area (Å²) in [4.78, 5) is 0. The maximum atomic E-state index is 13.2. The zero-order chi connectivity index (χ0) is 10.1. The summed E-state index contributed by atoms with van der Waals surface area (Å²) in [6.07, 6.45) is -0.564. The summed E-state index contributed by atoms with van der Waals surface area (Å²) in [5, 5.41) is 12.3. The molecule has 3 nitrogen and oxygen atoms in total. The van der Waals surface area contributed by atoms with Gasteiger partial charge in [0.1, 0.15) is 5.69 Å². The minimum Gasteiger partial charge on any atom is -0.396 e. The first-order valence-electron chi connectivity index (χ1n) is 3.97. The van der Waals surface area contributed by atoms with Gasteiger partial charge in [0.2, 0.25) is 0 Å². The molecule has 0 saturated heterocycles. The molecule has 0 spiro atoms. The smallest absolute Gasteiger partial charge is 0.291 e. The van der Waals surface area contributed by atoms with Gasteiger partial charge in [0.25, 0.3) is 5.92 Å². The van der Waals surface area contributed by atoms with Crippen LogP contribution in [0.3, 0.4) is 0 Å². The molecule has 1 rings (SSSR count). The van der Waals surface area contributed by atoms with Crippen LogP contribution in [0.4, 0.5) is 8.78 Å². The van der Waals surface area contributed by atoms with Gasteiger partial charge >= 0.3 is 0 Å². The Bertz CT molecular complexity index is 296. The number of nitrogens with zero attached hydrogens (tertiary/aromatic N) is 2. The standard InChI is InChI=1S/C8H12F2N2O/c1-6-5-7(12(2)11-6)8(9,10)3-4-13/h5,13H,3-4H2,1-2H3. The summed E-state index contributed by atoms with van der Waals surface area (Å²) >= 11 is 0. The van der Waals surface area contributed by atoms with Crippen LogP contribution < -0.4 is 0 Å². The van der Waals surface area contributed by atoms with Gasteiger partial charge in [-0.05, 0) is 13.0 Å². The second kappa shape index (κ2) is 3.41. The van der Waals surface area contributed by atoms with Crippen LogP contribution in [0.5, 0.6) is 0 Å². The molecule has 13 heavy (non-hydrogen) atoms. The van der Waals surface area contributed by atoms with Gasteiger partial charge in [-0.1, -0.05) is 0 Å². The van der Waals surface area contributed by atoms with Gasteiger partial charge in [-0.15, -0.1) is 0 Å². The molecule has 0 aliphatic rings. The second-order valence-corrected chi connectivity index (χ2v) is 2.97. The minimum atomic E-state index is -3.00. The number of aliphatic hydroxyl groups is 1. The molecule has 1 N–H and O–H groups in total. The minimum absolute atomic E-state index is 0.154. The van der Waals surface area contributed by atoms with Crippen molar-refractivity contribution in [3.05, 3.63) is 17.5 Å². The molecule has 0 bridgehead atoms. The molecule has 0 aliphatic carbocycles. The fraction of sp³-hybridized carbons (Fsp3) is 0.625. The van der Waals surface area contributed by atoms with Gasteiger partial charge in [-0.3, -0.25) is 4.68 Å². The summed E-state index contributed by atoms with van der Waals surface area (Å²) in [6.45, 7) is 1.12. The molecule has 0 aliphatic heterocycles. The Labute approximate surface area is 75.0 Å². The Morgan fingerprint density at radius 3 is 2.62 bits per heavy atom.